The van der Waals surface area contributed by atoms with Crippen molar-refractivity contribution in [1.29, 1.82) is 0 Å². The minimum Gasteiger partial charge on any atom is -0.394 e. The van der Waals surface area contributed by atoms with E-state index < -0.39 is 11.1 Å². The number of anilines is 1. The summed E-state index contributed by atoms with van der Waals surface area (Å²) >= 11 is 0. The number of aliphatic hydroxyl groups excluding tert-OH is 2. The lowest BCUT2D eigenvalue weighted by atomic mass is 9.76. The van der Waals surface area contributed by atoms with Gasteiger partial charge in [-0.15, -0.1) is 0 Å². The average Bonchev–Trinajstić information content (AvgIpc) is 2.85. The largest absolute Gasteiger partial charge is 0.394 e. The number of rotatable bonds is 4. The molecule has 0 radical (unpaired) electrons. The molecule has 2 aliphatic carbocycles. The molecule has 4 N–H and O–H groups in total. The number of hydrogen-bond acceptors (Lipinski definition) is 6. The molecule has 2 aromatic heterocycles. The van der Waals surface area contributed by atoms with Gasteiger partial charge in [-0.05, 0) is 38.5 Å². The van der Waals surface area contributed by atoms with Gasteiger partial charge in [0.25, 0.3) is 5.56 Å². The Labute approximate surface area is 132 Å². The van der Waals surface area contributed by atoms with Crippen LogP contribution in [0.25, 0.3) is 11.2 Å². The van der Waals surface area contributed by atoms with Gasteiger partial charge in [-0.2, -0.15) is 4.98 Å². The predicted octanol–water partition coefficient (Wildman–Crippen LogP) is -0.0818. The molecule has 8 nitrogen and oxygen atoms in total. The minimum absolute atomic E-state index is 0.0343. The highest BCUT2D eigenvalue weighted by molar-refractivity contribution is 5.71. The van der Waals surface area contributed by atoms with Crippen molar-refractivity contribution in [3.63, 3.8) is 0 Å². The average molecular weight is 319 g/mol. The van der Waals surface area contributed by atoms with Crippen molar-refractivity contribution < 1.29 is 10.2 Å². The Bertz CT molecular complexity index is 805. The van der Waals surface area contributed by atoms with Gasteiger partial charge < -0.3 is 20.5 Å². The fourth-order valence-corrected chi connectivity index (χ4v) is 3.90. The molecule has 2 aromatic rings. The number of nitrogens with two attached hydrogens (primary N) is 1. The van der Waals surface area contributed by atoms with E-state index in [0.717, 1.165) is 25.7 Å². The van der Waals surface area contributed by atoms with Crippen molar-refractivity contribution in [2.24, 2.45) is 0 Å². The van der Waals surface area contributed by atoms with Crippen LogP contribution in [0.3, 0.4) is 0 Å². The topological polar surface area (TPSA) is 119 Å². The van der Waals surface area contributed by atoms with Crippen LogP contribution in [0.15, 0.2) is 11.1 Å². The first-order chi connectivity index (χ1) is 11.1. The summed E-state index contributed by atoms with van der Waals surface area (Å²) in [5.41, 5.74) is 5.28. The molecule has 0 atom stereocenters. The smallest absolute Gasteiger partial charge is 0.281 e. The maximum Gasteiger partial charge on any atom is 0.281 e. The van der Waals surface area contributed by atoms with E-state index in [4.69, 9.17) is 5.73 Å². The molecule has 0 aliphatic heterocycles. The minimum atomic E-state index is -0.649. The van der Waals surface area contributed by atoms with Crippen LogP contribution in [0.2, 0.25) is 0 Å². The molecule has 23 heavy (non-hydrogen) atoms. The molecule has 2 heterocycles. The molecule has 2 fully saturated rings. The van der Waals surface area contributed by atoms with E-state index in [9.17, 15) is 15.0 Å². The number of hydrogen-bond donors (Lipinski definition) is 3. The first-order valence-electron chi connectivity index (χ1n) is 8.05. The van der Waals surface area contributed by atoms with Crippen LogP contribution in [0, 0.1) is 0 Å². The summed E-state index contributed by atoms with van der Waals surface area (Å²) in [5.74, 6) is 0.0909. The lowest BCUT2D eigenvalue weighted by Gasteiger charge is -2.43. The van der Waals surface area contributed by atoms with E-state index >= 15 is 0 Å². The van der Waals surface area contributed by atoms with Crippen LogP contribution in [0.5, 0.6) is 0 Å². The normalized spacial score (nSPS) is 21.8. The van der Waals surface area contributed by atoms with Crippen molar-refractivity contribution in [2.75, 3.05) is 18.9 Å². The van der Waals surface area contributed by atoms with Gasteiger partial charge in [0.05, 0.1) is 30.6 Å². The number of nitrogen functional groups attached to an aromatic ring is 1. The number of aliphatic hydroxyl groups is 2. The third kappa shape index (κ3) is 1.76. The standard InChI is InChI=1S/C15H21N5O3/c16-13-18-11-10(12(23)20(13)15(8-22)5-2-6-15)19(9-17-11)14(7-21)3-1-4-14/h9,21-22H,1-8H2,(H2,16,18). The summed E-state index contributed by atoms with van der Waals surface area (Å²) in [6.07, 6.45) is 6.57. The SMILES string of the molecule is Nc1nc2ncn(C3(CO)CCC3)c2c(=O)n1C1(CO)CCC1. The highest BCUT2D eigenvalue weighted by atomic mass is 16.3. The number of imidazole rings is 1. The molecular formula is C15H21N5O3. The Morgan fingerprint density at radius 3 is 2.22 bits per heavy atom. The van der Waals surface area contributed by atoms with Crippen LogP contribution >= 0.6 is 0 Å². The van der Waals surface area contributed by atoms with Crippen LogP contribution in [-0.4, -0.2) is 42.5 Å². The zero-order valence-electron chi connectivity index (χ0n) is 12.9. The van der Waals surface area contributed by atoms with Gasteiger partial charge in [-0.3, -0.25) is 9.36 Å². The van der Waals surface area contributed by atoms with Crippen molar-refractivity contribution in [3.8, 4) is 0 Å². The predicted molar refractivity (Wildman–Crippen MR) is 84.0 cm³/mol. The second-order valence-electron chi connectivity index (χ2n) is 6.87. The summed E-state index contributed by atoms with van der Waals surface area (Å²) < 4.78 is 3.20. The second-order valence-corrected chi connectivity index (χ2v) is 6.87. The molecule has 0 spiro atoms. The van der Waals surface area contributed by atoms with Gasteiger partial charge in [0, 0.05) is 0 Å². The fourth-order valence-electron chi connectivity index (χ4n) is 3.90. The van der Waals surface area contributed by atoms with Gasteiger partial charge in [0.1, 0.15) is 0 Å². The molecule has 2 aliphatic rings. The van der Waals surface area contributed by atoms with E-state index in [1.54, 1.807) is 10.9 Å². The van der Waals surface area contributed by atoms with Crippen molar-refractivity contribution in [3.05, 3.63) is 16.7 Å². The van der Waals surface area contributed by atoms with Crippen LogP contribution in [0.4, 0.5) is 5.95 Å². The lowest BCUT2D eigenvalue weighted by molar-refractivity contribution is 0.0513. The molecule has 4 rings (SSSR count). The molecule has 2 saturated carbocycles. The number of nitrogens with zero attached hydrogens (tertiary/aromatic N) is 4. The lowest BCUT2D eigenvalue weighted by Crippen LogP contribution is -2.51. The summed E-state index contributed by atoms with van der Waals surface area (Å²) in [4.78, 5) is 21.6. The number of aromatic nitrogens is 4. The molecule has 8 heteroatoms. The van der Waals surface area contributed by atoms with Gasteiger partial charge in [0.15, 0.2) is 11.2 Å². The van der Waals surface area contributed by atoms with Gasteiger partial charge in [-0.1, -0.05) is 0 Å². The quantitative estimate of drug-likeness (QED) is 0.725. The first kappa shape index (κ1) is 14.6. The summed E-state index contributed by atoms with van der Waals surface area (Å²) in [6, 6.07) is 0. The molecule has 0 aromatic carbocycles. The second kappa shape index (κ2) is 4.78. The van der Waals surface area contributed by atoms with E-state index in [-0.39, 0.29) is 24.7 Å². The van der Waals surface area contributed by atoms with E-state index in [1.807, 2.05) is 0 Å². The Kier molecular flexibility index (Phi) is 3.05. The molecule has 0 saturated heterocycles. The van der Waals surface area contributed by atoms with Crippen LogP contribution in [0.1, 0.15) is 38.5 Å². The molecular weight excluding hydrogens is 298 g/mol. The third-order valence-electron chi connectivity index (χ3n) is 5.75. The van der Waals surface area contributed by atoms with Gasteiger partial charge in [-0.25, -0.2) is 4.98 Å². The van der Waals surface area contributed by atoms with Crippen LogP contribution < -0.4 is 11.3 Å². The zero-order valence-corrected chi connectivity index (χ0v) is 12.9. The summed E-state index contributed by atoms with van der Waals surface area (Å²) in [7, 11) is 0. The molecule has 0 unspecified atom stereocenters. The van der Waals surface area contributed by atoms with E-state index in [0.29, 0.717) is 24.0 Å². The first-order valence-corrected chi connectivity index (χ1v) is 8.05. The Morgan fingerprint density at radius 1 is 1.13 bits per heavy atom. The van der Waals surface area contributed by atoms with Crippen molar-refractivity contribution in [2.45, 2.75) is 49.6 Å². The third-order valence-corrected chi connectivity index (χ3v) is 5.75. The Balaban J connectivity index is 1.98. The summed E-state index contributed by atoms with van der Waals surface area (Å²) in [5, 5.41) is 19.6. The van der Waals surface area contributed by atoms with Crippen LogP contribution in [-0.2, 0) is 11.1 Å². The monoisotopic (exact) mass is 319 g/mol. The Hall–Kier alpha value is -1.93. The molecule has 0 amide bonds. The maximum atomic E-state index is 13.1. The number of fused-ring (bicyclic) bond motifs is 1. The van der Waals surface area contributed by atoms with Gasteiger partial charge >= 0.3 is 0 Å². The highest BCUT2D eigenvalue weighted by Gasteiger charge is 2.43. The molecule has 0 bridgehead atoms. The van der Waals surface area contributed by atoms with E-state index in [1.165, 1.54) is 4.57 Å². The maximum absolute atomic E-state index is 13.1. The zero-order chi connectivity index (χ0) is 16.2. The summed E-state index contributed by atoms with van der Waals surface area (Å²) in [6.45, 7) is -0.170. The van der Waals surface area contributed by atoms with Gasteiger partial charge in [0.2, 0.25) is 5.95 Å². The molecule has 124 valence electrons. The fraction of sp³-hybridized carbons (Fsp3) is 0.667. The van der Waals surface area contributed by atoms with E-state index in [2.05, 4.69) is 9.97 Å². The van der Waals surface area contributed by atoms with Crippen molar-refractivity contribution in [1.82, 2.24) is 19.1 Å². The van der Waals surface area contributed by atoms with Crippen molar-refractivity contribution >= 4 is 17.1 Å². The highest BCUT2D eigenvalue weighted by Crippen LogP contribution is 2.41. The Morgan fingerprint density at radius 2 is 1.74 bits per heavy atom.